The fourth-order valence-corrected chi connectivity index (χ4v) is 3.07. The summed E-state index contributed by atoms with van der Waals surface area (Å²) in [7, 11) is 1.59. The Balaban J connectivity index is 1.75. The lowest BCUT2D eigenvalue weighted by Gasteiger charge is -2.22. The van der Waals surface area contributed by atoms with Gasteiger partial charge in [0.25, 0.3) is 17.3 Å². The number of hydrogen-bond acceptors (Lipinski definition) is 6. The highest BCUT2D eigenvalue weighted by molar-refractivity contribution is 6.30. The molecule has 2 aromatic heterocycles. The molecule has 2 aromatic carbocycles. The van der Waals surface area contributed by atoms with Gasteiger partial charge in [-0.15, -0.1) is 10.2 Å². The maximum Gasteiger partial charge on any atom is 0.274 e. The van der Waals surface area contributed by atoms with Crippen LogP contribution in [0.3, 0.4) is 0 Å². The van der Waals surface area contributed by atoms with Crippen molar-refractivity contribution in [2.75, 3.05) is 0 Å². The number of rotatable bonds is 4. The lowest BCUT2D eigenvalue weighted by Crippen LogP contribution is -2.25. The summed E-state index contributed by atoms with van der Waals surface area (Å²) in [5, 5.41) is 14.3. The molecule has 0 N–H and O–H groups in total. The summed E-state index contributed by atoms with van der Waals surface area (Å²) >= 11 is 6.02. The Morgan fingerprint density at radius 3 is 2.57 bits per heavy atom. The smallest absolute Gasteiger partial charge is 0.274 e. The molecule has 0 amide bonds. The van der Waals surface area contributed by atoms with Gasteiger partial charge >= 0.3 is 0 Å². The molecule has 142 valence electrons. The van der Waals surface area contributed by atoms with Gasteiger partial charge in [-0.1, -0.05) is 35.9 Å². The van der Waals surface area contributed by atoms with E-state index in [0.717, 1.165) is 0 Å². The van der Waals surface area contributed by atoms with Gasteiger partial charge < -0.3 is 9.15 Å². The van der Waals surface area contributed by atoms with Crippen molar-refractivity contribution in [3.05, 3.63) is 69.8 Å². The first-order chi connectivity index (χ1) is 13.3. The molecule has 0 saturated heterocycles. The number of hydrogen-bond donors (Lipinski definition) is 0. The molecule has 0 spiro atoms. The predicted octanol–water partition coefficient (Wildman–Crippen LogP) is 3.95. The quantitative estimate of drug-likeness (QED) is 0.519. The van der Waals surface area contributed by atoms with Gasteiger partial charge in [0, 0.05) is 17.5 Å². The fourth-order valence-electron chi connectivity index (χ4n) is 2.89. The zero-order chi connectivity index (χ0) is 19.9. The van der Waals surface area contributed by atoms with Crippen LogP contribution in [0.4, 0.5) is 0 Å². The number of ether oxygens (including phenoxy) is 1. The van der Waals surface area contributed by atoms with Crippen LogP contribution < -0.4 is 10.3 Å². The van der Waals surface area contributed by atoms with Crippen LogP contribution in [-0.4, -0.2) is 20.0 Å². The second-order valence-electron chi connectivity index (χ2n) is 6.81. The SMILES string of the molecule is Cn1nc(-c2nnc(C(C)(C)Oc3cccc(Cl)c3)o2)c2ccccc2c1=O. The van der Waals surface area contributed by atoms with Gasteiger partial charge in [0.1, 0.15) is 5.75 Å². The van der Waals surface area contributed by atoms with Crippen molar-refractivity contribution in [3.63, 3.8) is 0 Å². The first-order valence-electron chi connectivity index (χ1n) is 8.60. The van der Waals surface area contributed by atoms with Gasteiger partial charge in [0.15, 0.2) is 11.3 Å². The van der Waals surface area contributed by atoms with E-state index in [9.17, 15) is 4.79 Å². The van der Waals surface area contributed by atoms with Crippen molar-refractivity contribution < 1.29 is 9.15 Å². The van der Waals surface area contributed by atoms with E-state index < -0.39 is 5.60 Å². The van der Waals surface area contributed by atoms with Crippen LogP contribution >= 0.6 is 11.6 Å². The molecule has 0 saturated carbocycles. The van der Waals surface area contributed by atoms with E-state index in [1.54, 1.807) is 49.5 Å². The van der Waals surface area contributed by atoms with Crippen LogP contribution in [0.5, 0.6) is 5.75 Å². The average molecular weight is 397 g/mol. The molecule has 0 unspecified atom stereocenters. The van der Waals surface area contributed by atoms with Crippen LogP contribution in [-0.2, 0) is 12.6 Å². The second-order valence-corrected chi connectivity index (χ2v) is 7.24. The topological polar surface area (TPSA) is 83.0 Å². The Hall–Kier alpha value is -3.19. The van der Waals surface area contributed by atoms with E-state index in [1.165, 1.54) is 4.68 Å². The van der Waals surface area contributed by atoms with Crippen molar-refractivity contribution in [2.45, 2.75) is 19.4 Å². The number of fused-ring (bicyclic) bond motifs is 1. The van der Waals surface area contributed by atoms with Crippen LogP contribution in [0.1, 0.15) is 19.7 Å². The second kappa shape index (κ2) is 6.76. The molecule has 0 aliphatic rings. The highest BCUT2D eigenvalue weighted by atomic mass is 35.5. The molecular weight excluding hydrogens is 380 g/mol. The highest BCUT2D eigenvalue weighted by Gasteiger charge is 2.31. The predicted molar refractivity (Wildman–Crippen MR) is 105 cm³/mol. The van der Waals surface area contributed by atoms with Gasteiger partial charge in [-0.2, -0.15) is 5.10 Å². The van der Waals surface area contributed by atoms with Crippen molar-refractivity contribution in [1.29, 1.82) is 0 Å². The van der Waals surface area contributed by atoms with Gasteiger partial charge in [-0.3, -0.25) is 4.79 Å². The molecule has 4 aromatic rings. The molecule has 0 aliphatic heterocycles. The Morgan fingerprint density at radius 1 is 1.07 bits per heavy atom. The molecule has 0 aliphatic carbocycles. The zero-order valence-electron chi connectivity index (χ0n) is 15.5. The Labute approximate surface area is 165 Å². The summed E-state index contributed by atoms with van der Waals surface area (Å²) in [4.78, 5) is 12.3. The minimum Gasteiger partial charge on any atom is -0.478 e. The fraction of sp³-hybridized carbons (Fsp3) is 0.200. The van der Waals surface area contributed by atoms with E-state index >= 15 is 0 Å². The van der Waals surface area contributed by atoms with E-state index in [1.807, 2.05) is 19.9 Å². The third-order valence-corrected chi connectivity index (χ3v) is 4.50. The lowest BCUT2D eigenvalue weighted by molar-refractivity contribution is 0.0770. The molecule has 0 radical (unpaired) electrons. The van der Waals surface area contributed by atoms with Gasteiger partial charge in [0.2, 0.25) is 0 Å². The molecule has 0 fully saturated rings. The van der Waals surface area contributed by atoms with E-state index in [0.29, 0.717) is 27.2 Å². The minimum absolute atomic E-state index is 0.191. The third kappa shape index (κ3) is 3.25. The van der Waals surface area contributed by atoms with Crippen molar-refractivity contribution >= 4 is 22.4 Å². The maximum atomic E-state index is 12.3. The van der Waals surface area contributed by atoms with E-state index in [-0.39, 0.29) is 17.3 Å². The molecule has 0 atom stereocenters. The van der Waals surface area contributed by atoms with E-state index in [4.69, 9.17) is 20.8 Å². The summed E-state index contributed by atoms with van der Waals surface area (Å²) in [5.74, 6) is 1.08. The molecular formula is C20H17ClN4O3. The summed E-state index contributed by atoms with van der Waals surface area (Å²) in [6, 6.07) is 14.2. The summed E-state index contributed by atoms with van der Waals surface area (Å²) < 4.78 is 13.1. The molecule has 4 rings (SSSR count). The van der Waals surface area contributed by atoms with Gasteiger partial charge in [0.05, 0.1) is 5.39 Å². The molecule has 8 heteroatoms. The summed E-state index contributed by atoms with van der Waals surface area (Å²) in [5.41, 5.74) is -0.648. The Bertz CT molecular complexity index is 1230. The number of aryl methyl sites for hydroxylation is 1. The highest BCUT2D eigenvalue weighted by Crippen LogP contribution is 2.31. The maximum absolute atomic E-state index is 12.3. The number of nitrogens with zero attached hydrogens (tertiary/aromatic N) is 4. The van der Waals surface area contributed by atoms with E-state index in [2.05, 4.69) is 15.3 Å². The third-order valence-electron chi connectivity index (χ3n) is 4.27. The van der Waals surface area contributed by atoms with Crippen LogP contribution in [0.25, 0.3) is 22.4 Å². The number of benzene rings is 2. The number of aromatic nitrogens is 4. The van der Waals surface area contributed by atoms with Crippen molar-refractivity contribution in [1.82, 2.24) is 20.0 Å². The first-order valence-corrected chi connectivity index (χ1v) is 8.98. The number of halogens is 1. The van der Waals surface area contributed by atoms with Crippen molar-refractivity contribution in [2.24, 2.45) is 7.05 Å². The van der Waals surface area contributed by atoms with Gasteiger partial charge in [-0.05, 0) is 38.1 Å². The van der Waals surface area contributed by atoms with Crippen molar-refractivity contribution in [3.8, 4) is 17.3 Å². The molecule has 2 heterocycles. The Morgan fingerprint density at radius 2 is 1.82 bits per heavy atom. The zero-order valence-corrected chi connectivity index (χ0v) is 16.3. The molecule has 7 nitrogen and oxygen atoms in total. The van der Waals surface area contributed by atoms with Gasteiger partial charge in [-0.25, -0.2) is 4.68 Å². The van der Waals surface area contributed by atoms with Crippen LogP contribution in [0, 0.1) is 0 Å². The average Bonchev–Trinajstić information content (AvgIpc) is 3.15. The summed E-state index contributed by atoms with van der Waals surface area (Å²) in [6.07, 6.45) is 0. The van der Waals surface area contributed by atoms with Crippen LogP contribution in [0.2, 0.25) is 5.02 Å². The largest absolute Gasteiger partial charge is 0.478 e. The molecule has 28 heavy (non-hydrogen) atoms. The normalized spacial score (nSPS) is 11.7. The summed E-state index contributed by atoms with van der Waals surface area (Å²) in [6.45, 7) is 3.63. The minimum atomic E-state index is -0.896. The standard InChI is InChI=1S/C20H17ClN4O3/c1-20(2,28-13-8-6-7-12(21)11-13)19-23-22-17(27-19)16-14-9-4-5-10-15(14)18(26)25(3)24-16/h4-11H,1-3H3. The first kappa shape index (κ1) is 18.2. The monoisotopic (exact) mass is 396 g/mol. The molecule has 0 bridgehead atoms. The Kier molecular flexibility index (Phi) is 4.39. The van der Waals surface area contributed by atoms with Crippen LogP contribution in [0.15, 0.2) is 57.7 Å². The lowest BCUT2D eigenvalue weighted by atomic mass is 10.1.